The minimum atomic E-state index is -3.03. The first-order valence-electron chi connectivity index (χ1n) is 8.96. The van der Waals surface area contributed by atoms with Crippen LogP contribution >= 0.6 is 0 Å². The number of methoxy groups -OCH3 is 1. The van der Waals surface area contributed by atoms with E-state index in [0.29, 0.717) is 5.70 Å². The van der Waals surface area contributed by atoms with E-state index in [4.69, 9.17) is 4.74 Å². The van der Waals surface area contributed by atoms with E-state index >= 15 is 0 Å². The lowest BCUT2D eigenvalue weighted by atomic mass is 9.98. The van der Waals surface area contributed by atoms with Crippen molar-refractivity contribution in [2.24, 2.45) is 4.99 Å². The standard InChI is InChI=1S/C23H29F2NO/c1-7-20(26-21(8-2)22(5,24)25)19-15-13-18(14-16-19)12-11-17-23(9-3,10-4)27-6/h7-9,11,13-17H,2-3,10,12H2,1,4-6H3/b17-11+,20-7+,26-21?. The van der Waals surface area contributed by atoms with Crippen LogP contribution < -0.4 is 0 Å². The number of benzene rings is 1. The number of aliphatic imine (C=N–C) groups is 1. The molecular formula is C23H29F2NO. The Morgan fingerprint density at radius 2 is 1.85 bits per heavy atom. The SMILES string of the molecule is C=CC(=N/C(=C/C)c1ccc(C/C=C/C(C=C)(CC)OC)cc1)C(C)(F)F. The Kier molecular flexibility index (Phi) is 8.51. The maximum absolute atomic E-state index is 13.5. The normalized spacial score (nSPS) is 15.6. The van der Waals surface area contributed by atoms with Crippen LogP contribution in [0.15, 0.2) is 72.8 Å². The molecule has 27 heavy (non-hydrogen) atoms. The minimum Gasteiger partial charge on any atom is -0.370 e. The minimum absolute atomic E-state index is 0.345. The highest BCUT2D eigenvalue weighted by Gasteiger charge is 2.27. The van der Waals surface area contributed by atoms with Gasteiger partial charge in [0.05, 0.1) is 5.70 Å². The molecule has 0 heterocycles. The molecular weight excluding hydrogens is 344 g/mol. The fraction of sp³-hybridized carbons (Fsp3) is 0.348. The molecule has 1 atom stereocenters. The Balaban J connectivity index is 2.97. The zero-order chi connectivity index (χ0) is 20.5. The van der Waals surface area contributed by atoms with Gasteiger partial charge in [-0.3, -0.25) is 0 Å². The van der Waals surface area contributed by atoms with E-state index in [2.05, 4.69) is 18.2 Å². The summed E-state index contributed by atoms with van der Waals surface area (Å²) in [4.78, 5) is 4.08. The lowest BCUT2D eigenvalue weighted by Gasteiger charge is -2.23. The molecule has 0 saturated heterocycles. The molecule has 0 aliphatic heterocycles. The highest BCUT2D eigenvalue weighted by atomic mass is 19.3. The number of alkyl halides is 2. The largest absolute Gasteiger partial charge is 0.370 e. The summed E-state index contributed by atoms with van der Waals surface area (Å²) in [5.74, 6) is -3.03. The Labute approximate surface area is 161 Å². The molecule has 0 N–H and O–H groups in total. The number of nitrogens with zero attached hydrogens (tertiary/aromatic N) is 1. The summed E-state index contributed by atoms with van der Waals surface area (Å²) in [6.45, 7) is 11.9. The topological polar surface area (TPSA) is 21.6 Å². The first-order valence-corrected chi connectivity index (χ1v) is 8.96. The predicted octanol–water partition coefficient (Wildman–Crippen LogP) is 6.41. The molecule has 4 heteroatoms. The van der Waals surface area contributed by atoms with Gasteiger partial charge in [0.25, 0.3) is 5.92 Å². The zero-order valence-corrected chi connectivity index (χ0v) is 16.6. The highest BCUT2D eigenvalue weighted by Crippen LogP contribution is 2.23. The van der Waals surface area contributed by atoms with E-state index in [1.807, 2.05) is 43.3 Å². The van der Waals surface area contributed by atoms with Crippen LogP contribution in [0.5, 0.6) is 0 Å². The predicted molar refractivity (Wildman–Crippen MR) is 111 cm³/mol. The molecule has 0 saturated carbocycles. The van der Waals surface area contributed by atoms with E-state index in [1.54, 1.807) is 26.2 Å². The van der Waals surface area contributed by atoms with E-state index in [9.17, 15) is 8.78 Å². The molecule has 1 aromatic rings. The summed E-state index contributed by atoms with van der Waals surface area (Å²) in [7, 11) is 1.67. The first kappa shape index (κ1) is 22.7. The molecule has 1 aromatic carbocycles. The number of ether oxygens (including phenoxy) is 1. The summed E-state index contributed by atoms with van der Waals surface area (Å²) in [6, 6.07) is 7.69. The van der Waals surface area contributed by atoms with Gasteiger partial charge in [0.2, 0.25) is 0 Å². The Hall–Kier alpha value is -2.33. The van der Waals surface area contributed by atoms with E-state index < -0.39 is 11.5 Å². The third-order valence-electron chi connectivity index (χ3n) is 4.44. The second kappa shape index (κ2) is 10.1. The van der Waals surface area contributed by atoms with Gasteiger partial charge in [-0.25, -0.2) is 4.99 Å². The lowest BCUT2D eigenvalue weighted by molar-refractivity contribution is 0.0711. The van der Waals surface area contributed by atoms with Crippen LogP contribution in [0.4, 0.5) is 8.78 Å². The van der Waals surface area contributed by atoms with Crippen molar-refractivity contribution in [1.29, 1.82) is 0 Å². The van der Waals surface area contributed by atoms with Gasteiger partial charge in [-0.1, -0.05) is 68.7 Å². The Morgan fingerprint density at radius 1 is 1.22 bits per heavy atom. The van der Waals surface area contributed by atoms with Gasteiger partial charge < -0.3 is 4.74 Å². The van der Waals surface area contributed by atoms with Gasteiger partial charge in [0, 0.05) is 14.0 Å². The second-order valence-electron chi connectivity index (χ2n) is 6.28. The first-order chi connectivity index (χ1) is 12.7. The molecule has 1 unspecified atom stereocenters. The summed E-state index contributed by atoms with van der Waals surface area (Å²) in [5.41, 5.74) is 1.58. The van der Waals surface area contributed by atoms with Crippen LogP contribution in [0.1, 0.15) is 38.3 Å². The monoisotopic (exact) mass is 373 g/mol. The van der Waals surface area contributed by atoms with Crippen molar-refractivity contribution in [3.63, 3.8) is 0 Å². The van der Waals surface area contributed by atoms with Gasteiger partial charge in [0.15, 0.2) is 0 Å². The highest BCUT2D eigenvalue weighted by molar-refractivity contribution is 6.02. The van der Waals surface area contributed by atoms with Gasteiger partial charge in [-0.05, 0) is 37.0 Å². The molecule has 0 aliphatic rings. The molecule has 146 valence electrons. The summed E-state index contributed by atoms with van der Waals surface area (Å²) >= 11 is 0. The van der Waals surface area contributed by atoms with Crippen molar-refractivity contribution in [3.05, 3.63) is 78.9 Å². The molecule has 0 aliphatic carbocycles. The molecule has 0 fully saturated rings. The summed E-state index contributed by atoms with van der Waals surface area (Å²) in [6.07, 6.45) is 10.2. The number of halogens is 2. The quantitative estimate of drug-likeness (QED) is 0.343. The molecule has 0 spiro atoms. The van der Waals surface area contributed by atoms with Crippen LogP contribution in [-0.4, -0.2) is 24.3 Å². The van der Waals surface area contributed by atoms with Crippen molar-refractivity contribution in [2.45, 2.75) is 45.1 Å². The lowest BCUT2D eigenvalue weighted by Crippen LogP contribution is -2.24. The average Bonchev–Trinajstić information content (AvgIpc) is 2.66. The smallest absolute Gasteiger partial charge is 0.286 e. The van der Waals surface area contributed by atoms with E-state index in [0.717, 1.165) is 37.0 Å². The van der Waals surface area contributed by atoms with Crippen LogP contribution in [0.25, 0.3) is 5.70 Å². The number of rotatable bonds is 10. The van der Waals surface area contributed by atoms with Crippen molar-refractivity contribution >= 4 is 11.4 Å². The number of allylic oxidation sites excluding steroid dienone is 3. The third-order valence-corrected chi connectivity index (χ3v) is 4.44. The summed E-state index contributed by atoms with van der Waals surface area (Å²) < 4.78 is 32.6. The zero-order valence-electron chi connectivity index (χ0n) is 16.6. The van der Waals surface area contributed by atoms with Gasteiger partial charge >= 0.3 is 0 Å². The van der Waals surface area contributed by atoms with Crippen LogP contribution in [0, 0.1) is 0 Å². The number of hydrogen-bond donors (Lipinski definition) is 0. The van der Waals surface area contributed by atoms with Gasteiger partial charge in [-0.2, -0.15) is 8.78 Å². The fourth-order valence-corrected chi connectivity index (χ4v) is 2.58. The maximum atomic E-state index is 13.5. The van der Waals surface area contributed by atoms with E-state index in [-0.39, 0.29) is 5.71 Å². The third kappa shape index (κ3) is 6.40. The molecule has 0 radical (unpaired) electrons. The number of hydrogen-bond acceptors (Lipinski definition) is 2. The van der Waals surface area contributed by atoms with Crippen LogP contribution in [0.2, 0.25) is 0 Å². The fourth-order valence-electron chi connectivity index (χ4n) is 2.58. The second-order valence-corrected chi connectivity index (χ2v) is 6.28. The average molecular weight is 373 g/mol. The Bertz CT molecular complexity index is 718. The summed E-state index contributed by atoms with van der Waals surface area (Å²) in [5, 5.41) is 0. The molecule has 0 aromatic heterocycles. The maximum Gasteiger partial charge on any atom is 0.286 e. The van der Waals surface area contributed by atoms with Crippen molar-refractivity contribution in [2.75, 3.05) is 7.11 Å². The van der Waals surface area contributed by atoms with Gasteiger partial charge in [0.1, 0.15) is 11.3 Å². The van der Waals surface area contributed by atoms with Crippen molar-refractivity contribution in [3.8, 4) is 0 Å². The van der Waals surface area contributed by atoms with Gasteiger partial charge in [-0.15, -0.1) is 0 Å². The molecule has 0 amide bonds. The Morgan fingerprint density at radius 3 is 2.26 bits per heavy atom. The molecule has 1 rings (SSSR count). The molecule has 0 bridgehead atoms. The van der Waals surface area contributed by atoms with Crippen LogP contribution in [-0.2, 0) is 11.2 Å². The van der Waals surface area contributed by atoms with E-state index in [1.165, 1.54) is 0 Å². The van der Waals surface area contributed by atoms with Crippen molar-refractivity contribution < 1.29 is 13.5 Å². The van der Waals surface area contributed by atoms with Crippen molar-refractivity contribution in [1.82, 2.24) is 0 Å². The van der Waals surface area contributed by atoms with Crippen LogP contribution in [0.3, 0.4) is 0 Å². The molecule has 2 nitrogen and oxygen atoms in total.